The minimum atomic E-state index is -0.278. The summed E-state index contributed by atoms with van der Waals surface area (Å²) in [4.78, 5) is 31.2. The van der Waals surface area contributed by atoms with Gasteiger partial charge in [0.2, 0.25) is 0 Å². The molecule has 7 nitrogen and oxygen atoms in total. The van der Waals surface area contributed by atoms with Crippen LogP contribution in [0.1, 0.15) is 74.3 Å². The number of hydrogen-bond acceptors (Lipinski definition) is 4. The molecule has 1 fully saturated rings. The fourth-order valence-corrected chi connectivity index (χ4v) is 4.35. The molecule has 0 radical (unpaired) electrons. The van der Waals surface area contributed by atoms with E-state index < -0.39 is 0 Å². The SMILES string of the molecule is CC[C@@H](C)n1c(=N)c(C(=O)NC2CCCCC2)cc2c(=O)n3cccc(C)c3nc21. The largest absolute Gasteiger partial charge is 0.349 e. The Morgan fingerprint density at radius 1 is 1.30 bits per heavy atom. The number of fused-ring (bicyclic) bond motifs is 2. The van der Waals surface area contributed by atoms with E-state index in [4.69, 9.17) is 10.4 Å². The molecule has 4 rings (SSSR count). The van der Waals surface area contributed by atoms with Crippen molar-refractivity contribution in [1.29, 1.82) is 5.41 Å². The fraction of sp³-hybridized carbons (Fsp3) is 0.478. The maximum Gasteiger partial charge on any atom is 0.267 e. The lowest BCUT2D eigenvalue weighted by Crippen LogP contribution is -2.41. The third-order valence-electron chi connectivity index (χ3n) is 6.29. The van der Waals surface area contributed by atoms with Crippen molar-refractivity contribution in [2.45, 2.75) is 71.4 Å². The van der Waals surface area contributed by atoms with E-state index in [9.17, 15) is 9.59 Å². The molecule has 1 aliphatic rings. The molecule has 0 aliphatic heterocycles. The normalized spacial score (nSPS) is 16.1. The quantitative estimate of drug-likeness (QED) is 0.649. The minimum Gasteiger partial charge on any atom is -0.349 e. The first-order chi connectivity index (χ1) is 14.4. The van der Waals surface area contributed by atoms with Gasteiger partial charge in [0, 0.05) is 18.3 Å². The first-order valence-corrected chi connectivity index (χ1v) is 10.8. The zero-order chi connectivity index (χ0) is 21.4. The van der Waals surface area contributed by atoms with Crippen LogP contribution in [0, 0.1) is 12.3 Å². The van der Waals surface area contributed by atoms with E-state index in [0.29, 0.717) is 16.7 Å². The summed E-state index contributed by atoms with van der Waals surface area (Å²) in [6.07, 6.45) is 7.81. The summed E-state index contributed by atoms with van der Waals surface area (Å²) in [6, 6.07) is 5.35. The van der Waals surface area contributed by atoms with Gasteiger partial charge in [0.15, 0.2) is 0 Å². The van der Waals surface area contributed by atoms with Gasteiger partial charge in [-0.2, -0.15) is 0 Å². The van der Waals surface area contributed by atoms with Gasteiger partial charge in [-0.3, -0.25) is 19.4 Å². The molecule has 0 unspecified atom stereocenters. The maximum atomic E-state index is 13.3. The van der Waals surface area contributed by atoms with E-state index in [-0.39, 0.29) is 34.6 Å². The number of aryl methyl sites for hydroxylation is 1. The summed E-state index contributed by atoms with van der Waals surface area (Å²) in [7, 11) is 0. The van der Waals surface area contributed by atoms with Crippen molar-refractivity contribution >= 4 is 22.6 Å². The monoisotopic (exact) mass is 407 g/mol. The Labute approximate surface area is 175 Å². The number of amides is 1. The summed E-state index contributed by atoms with van der Waals surface area (Å²) < 4.78 is 3.25. The Morgan fingerprint density at radius 2 is 2.03 bits per heavy atom. The van der Waals surface area contributed by atoms with Crippen molar-refractivity contribution in [3.05, 3.63) is 51.4 Å². The zero-order valence-electron chi connectivity index (χ0n) is 17.9. The maximum absolute atomic E-state index is 13.3. The number of hydrogen-bond donors (Lipinski definition) is 2. The van der Waals surface area contributed by atoms with Crippen LogP contribution in [0.15, 0.2) is 29.2 Å². The van der Waals surface area contributed by atoms with E-state index in [2.05, 4.69) is 5.32 Å². The molecule has 0 saturated heterocycles. The van der Waals surface area contributed by atoms with Crippen LogP contribution in [0.4, 0.5) is 0 Å². The molecule has 0 spiro atoms. The van der Waals surface area contributed by atoms with Crippen LogP contribution < -0.4 is 16.4 Å². The first kappa shape index (κ1) is 20.3. The molecule has 3 heterocycles. The standard InChI is InChI=1S/C23H29N5O2/c1-4-15(3)28-19(24)17(22(29)25-16-10-6-5-7-11-16)13-18-21(28)26-20-14(2)9-8-12-27(20)23(18)30/h8-9,12-13,15-16,24H,4-7,10-11H2,1-3H3,(H,25,29)/t15-/m1/s1. The van der Waals surface area contributed by atoms with Crippen molar-refractivity contribution in [3.63, 3.8) is 0 Å². The van der Waals surface area contributed by atoms with E-state index >= 15 is 0 Å². The van der Waals surface area contributed by atoms with Gasteiger partial charge in [0.1, 0.15) is 16.8 Å². The number of pyridine rings is 2. The lowest BCUT2D eigenvalue weighted by molar-refractivity contribution is 0.0925. The van der Waals surface area contributed by atoms with E-state index in [1.807, 2.05) is 32.9 Å². The Kier molecular flexibility index (Phi) is 5.45. The highest BCUT2D eigenvalue weighted by atomic mass is 16.2. The van der Waals surface area contributed by atoms with Gasteiger partial charge in [-0.05, 0) is 50.8 Å². The molecule has 1 atom stereocenters. The van der Waals surface area contributed by atoms with Crippen LogP contribution in [0.25, 0.3) is 16.7 Å². The molecular formula is C23H29N5O2. The average molecular weight is 408 g/mol. The average Bonchev–Trinajstić information content (AvgIpc) is 2.74. The van der Waals surface area contributed by atoms with Crippen LogP contribution in [-0.4, -0.2) is 25.9 Å². The predicted octanol–water partition coefficient (Wildman–Crippen LogP) is 3.47. The molecule has 2 N–H and O–H groups in total. The topological polar surface area (TPSA) is 92.2 Å². The van der Waals surface area contributed by atoms with Gasteiger partial charge in [-0.15, -0.1) is 0 Å². The van der Waals surface area contributed by atoms with Crippen LogP contribution in [0.2, 0.25) is 0 Å². The van der Waals surface area contributed by atoms with Crippen molar-refractivity contribution in [3.8, 4) is 0 Å². The predicted molar refractivity (Wildman–Crippen MR) is 117 cm³/mol. The molecule has 3 aromatic heterocycles. The second-order valence-electron chi connectivity index (χ2n) is 8.38. The molecule has 3 aromatic rings. The van der Waals surface area contributed by atoms with Crippen molar-refractivity contribution in [1.82, 2.24) is 19.3 Å². The highest BCUT2D eigenvalue weighted by Gasteiger charge is 2.22. The van der Waals surface area contributed by atoms with Crippen LogP contribution in [0.3, 0.4) is 0 Å². The molecule has 7 heteroatoms. The summed E-state index contributed by atoms with van der Waals surface area (Å²) in [5.74, 6) is -0.278. The molecule has 1 saturated carbocycles. The third kappa shape index (κ3) is 3.42. The Morgan fingerprint density at radius 3 is 2.73 bits per heavy atom. The number of nitrogens with zero attached hydrogens (tertiary/aromatic N) is 3. The smallest absolute Gasteiger partial charge is 0.267 e. The third-order valence-corrected chi connectivity index (χ3v) is 6.29. The molecule has 30 heavy (non-hydrogen) atoms. The number of nitrogens with one attached hydrogen (secondary N) is 2. The number of aromatic nitrogens is 3. The van der Waals surface area contributed by atoms with Crippen molar-refractivity contribution in [2.75, 3.05) is 0 Å². The summed E-state index contributed by atoms with van der Waals surface area (Å²) >= 11 is 0. The molecule has 0 aromatic carbocycles. The highest BCUT2D eigenvalue weighted by Crippen LogP contribution is 2.20. The van der Waals surface area contributed by atoms with Crippen molar-refractivity contribution in [2.24, 2.45) is 0 Å². The van der Waals surface area contributed by atoms with Crippen LogP contribution in [0.5, 0.6) is 0 Å². The minimum absolute atomic E-state index is 0.0687. The fourth-order valence-electron chi connectivity index (χ4n) is 4.35. The number of carbonyl (C=O) groups excluding carboxylic acids is 1. The highest BCUT2D eigenvalue weighted by molar-refractivity contribution is 5.97. The summed E-state index contributed by atoms with van der Waals surface area (Å²) in [6.45, 7) is 5.92. The molecule has 1 aliphatic carbocycles. The summed E-state index contributed by atoms with van der Waals surface area (Å²) in [5, 5.41) is 12.2. The Hall–Kier alpha value is -2.96. The molecular weight excluding hydrogens is 378 g/mol. The van der Waals surface area contributed by atoms with Gasteiger partial charge >= 0.3 is 0 Å². The van der Waals surface area contributed by atoms with E-state index in [1.165, 1.54) is 10.8 Å². The van der Waals surface area contributed by atoms with E-state index in [1.54, 1.807) is 16.8 Å². The summed E-state index contributed by atoms with van der Waals surface area (Å²) in [5.41, 5.74) is 2.05. The number of carbonyl (C=O) groups is 1. The molecule has 1 amide bonds. The first-order valence-electron chi connectivity index (χ1n) is 10.8. The molecule has 158 valence electrons. The van der Waals surface area contributed by atoms with Gasteiger partial charge < -0.3 is 9.88 Å². The van der Waals surface area contributed by atoms with Crippen molar-refractivity contribution < 1.29 is 4.79 Å². The van der Waals surface area contributed by atoms with Gasteiger partial charge in [0.05, 0.1) is 10.9 Å². The van der Waals surface area contributed by atoms with Crippen LogP contribution in [-0.2, 0) is 0 Å². The second-order valence-corrected chi connectivity index (χ2v) is 8.38. The lowest BCUT2D eigenvalue weighted by atomic mass is 9.95. The van der Waals surface area contributed by atoms with E-state index in [0.717, 1.165) is 37.7 Å². The van der Waals surface area contributed by atoms with Gasteiger partial charge in [-0.1, -0.05) is 32.3 Å². The van der Waals surface area contributed by atoms with Gasteiger partial charge in [0.25, 0.3) is 11.5 Å². The number of rotatable bonds is 4. The second kappa shape index (κ2) is 8.05. The Bertz CT molecular complexity index is 1230. The van der Waals surface area contributed by atoms with Gasteiger partial charge in [-0.25, -0.2) is 4.98 Å². The van der Waals surface area contributed by atoms with Crippen LogP contribution >= 0.6 is 0 Å². The Balaban J connectivity index is 1.96. The zero-order valence-corrected chi connectivity index (χ0v) is 17.9. The molecule has 0 bridgehead atoms. The lowest BCUT2D eigenvalue weighted by Gasteiger charge is -2.24.